The van der Waals surface area contributed by atoms with E-state index in [4.69, 9.17) is 19.9 Å². The van der Waals surface area contributed by atoms with E-state index in [1.165, 1.54) is 13.2 Å². The SMILES string of the molecule is COc1ccc(C(CN)Cc2ccc(OC)c(OC(C)C)c2)cc1F. The second-order valence-electron chi connectivity index (χ2n) is 6.18. The number of ether oxygens (including phenoxy) is 3. The molecule has 1 atom stereocenters. The summed E-state index contributed by atoms with van der Waals surface area (Å²) in [6.07, 6.45) is 0.728. The summed E-state index contributed by atoms with van der Waals surface area (Å²) in [4.78, 5) is 0. The third-order valence-electron chi connectivity index (χ3n) is 4.00. The van der Waals surface area contributed by atoms with Crippen molar-refractivity contribution in [3.05, 3.63) is 53.3 Å². The minimum absolute atomic E-state index is 0.000649. The van der Waals surface area contributed by atoms with Crippen molar-refractivity contribution in [2.45, 2.75) is 32.3 Å². The van der Waals surface area contributed by atoms with Crippen LogP contribution in [0.25, 0.3) is 0 Å². The number of halogens is 1. The molecule has 2 rings (SSSR count). The van der Waals surface area contributed by atoms with Crippen LogP contribution in [0.3, 0.4) is 0 Å². The van der Waals surface area contributed by atoms with Crippen LogP contribution in [-0.4, -0.2) is 26.9 Å². The van der Waals surface area contributed by atoms with Crippen LogP contribution in [-0.2, 0) is 6.42 Å². The third-order valence-corrected chi connectivity index (χ3v) is 4.00. The maximum absolute atomic E-state index is 14.0. The summed E-state index contributed by atoms with van der Waals surface area (Å²) >= 11 is 0. The Balaban J connectivity index is 2.25. The molecule has 0 radical (unpaired) electrons. The van der Waals surface area contributed by atoms with Crippen LogP contribution >= 0.6 is 0 Å². The molecule has 0 aromatic heterocycles. The zero-order chi connectivity index (χ0) is 18.4. The highest BCUT2D eigenvalue weighted by atomic mass is 19.1. The lowest BCUT2D eigenvalue weighted by molar-refractivity contribution is 0.230. The van der Waals surface area contributed by atoms with Gasteiger partial charge in [-0.05, 0) is 62.2 Å². The maximum atomic E-state index is 14.0. The summed E-state index contributed by atoms with van der Waals surface area (Å²) in [5.41, 5.74) is 7.85. The molecule has 136 valence electrons. The summed E-state index contributed by atoms with van der Waals surface area (Å²) in [5, 5.41) is 0. The number of hydrogen-bond donors (Lipinski definition) is 1. The van der Waals surface area contributed by atoms with Gasteiger partial charge >= 0.3 is 0 Å². The molecule has 0 fully saturated rings. The van der Waals surface area contributed by atoms with Crippen LogP contribution < -0.4 is 19.9 Å². The molecule has 0 bridgehead atoms. The van der Waals surface area contributed by atoms with Crippen LogP contribution in [0.2, 0.25) is 0 Å². The normalized spacial score (nSPS) is 12.1. The van der Waals surface area contributed by atoms with E-state index < -0.39 is 0 Å². The predicted octanol–water partition coefficient (Wildman–Crippen LogP) is 3.92. The van der Waals surface area contributed by atoms with E-state index >= 15 is 0 Å². The first-order valence-corrected chi connectivity index (χ1v) is 8.35. The van der Waals surface area contributed by atoms with Gasteiger partial charge in [0, 0.05) is 5.92 Å². The van der Waals surface area contributed by atoms with E-state index in [2.05, 4.69) is 0 Å². The molecular formula is C20H26FNO3. The van der Waals surface area contributed by atoms with Crippen molar-refractivity contribution in [2.24, 2.45) is 5.73 Å². The van der Waals surface area contributed by atoms with Crippen LogP contribution in [0.15, 0.2) is 36.4 Å². The van der Waals surface area contributed by atoms with Crippen molar-refractivity contribution in [1.29, 1.82) is 0 Å². The van der Waals surface area contributed by atoms with E-state index in [0.29, 0.717) is 24.5 Å². The lowest BCUT2D eigenvalue weighted by Crippen LogP contribution is -2.15. The van der Waals surface area contributed by atoms with E-state index in [0.717, 1.165) is 11.1 Å². The fourth-order valence-electron chi connectivity index (χ4n) is 2.75. The molecule has 0 amide bonds. The standard InChI is InChI=1S/C20H26FNO3/c1-13(2)25-20-10-14(5-7-19(20)24-4)9-16(12-22)15-6-8-18(23-3)17(21)11-15/h5-8,10-11,13,16H,9,12,22H2,1-4H3. The predicted molar refractivity (Wildman–Crippen MR) is 97.2 cm³/mol. The Morgan fingerprint density at radius 1 is 0.960 bits per heavy atom. The molecule has 0 saturated carbocycles. The molecular weight excluding hydrogens is 321 g/mol. The number of methoxy groups -OCH3 is 2. The molecule has 2 aromatic carbocycles. The van der Waals surface area contributed by atoms with E-state index in [9.17, 15) is 4.39 Å². The average Bonchev–Trinajstić information content (AvgIpc) is 2.59. The maximum Gasteiger partial charge on any atom is 0.165 e. The first kappa shape index (κ1) is 19.1. The van der Waals surface area contributed by atoms with Crippen molar-refractivity contribution >= 4 is 0 Å². The Morgan fingerprint density at radius 3 is 2.20 bits per heavy atom. The van der Waals surface area contributed by atoms with Crippen molar-refractivity contribution in [2.75, 3.05) is 20.8 Å². The number of benzene rings is 2. The Kier molecular flexibility index (Phi) is 6.65. The first-order valence-electron chi connectivity index (χ1n) is 8.35. The fourth-order valence-corrected chi connectivity index (χ4v) is 2.75. The Labute approximate surface area is 148 Å². The molecule has 0 heterocycles. The number of nitrogens with two attached hydrogens (primary N) is 1. The van der Waals surface area contributed by atoms with Crippen LogP contribution in [0.1, 0.15) is 30.9 Å². The third kappa shape index (κ3) is 4.86. The van der Waals surface area contributed by atoms with Crippen molar-refractivity contribution < 1.29 is 18.6 Å². The molecule has 0 aliphatic rings. The molecule has 5 heteroatoms. The number of rotatable bonds is 8. The van der Waals surface area contributed by atoms with Gasteiger partial charge in [-0.1, -0.05) is 12.1 Å². The van der Waals surface area contributed by atoms with Gasteiger partial charge < -0.3 is 19.9 Å². The average molecular weight is 347 g/mol. The summed E-state index contributed by atoms with van der Waals surface area (Å²) < 4.78 is 30.1. The van der Waals surface area contributed by atoms with Gasteiger partial charge in [0.1, 0.15) is 0 Å². The molecule has 0 spiro atoms. The largest absolute Gasteiger partial charge is 0.494 e. The first-order chi connectivity index (χ1) is 12.0. The van der Waals surface area contributed by atoms with Crippen molar-refractivity contribution in [1.82, 2.24) is 0 Å². The van der Waals surface area contributed by atoms with E-state index in [-0.39, 0.29) is 23.6 Å². The smallest absolute Gasteiger partial charge is 0.165 e. The Bertz CT molecular complexity index is 703. The van der Waals surface area contributed by atoms with Crippen LogP contribution in [0.5, 0.6) is 17.2 Å². The highest BCUT2D eigenvalue weighted by Crippen LogP contribution is 2.31. The molecule has 0 saturated heterocycles. The fraction of sp³-hybridized carbons (Fsp3) is 0.400. The molecule has 25 heavy (non-hydrogen) atoms. The summed E-state index contributed by atoms with van der Waals surface area (Å²) in [7, 11) is 3.07. The van der Waals surface area contributed by atoms with Gasteiger partial charge in [0.05, 0.1) is 20.3 Å². The van der Waals surface area contributed by atoms with Gasteiger partial charge in [-0.25, -0.2) is 4.39 Å². The van der Waals surface area contributed by atoms with Gasteiger partial charge in [-0.3, -0.25) is 0 Å². The molecule has 1 unspecified atom stereocenters. The quantitative estimate of drug-likeness (QED) is 0.786. The van der Waals surface area contributed by atoms with E-state index in [1.807, 2.05) is 38.1 Å². The Morgan fingerprint density at radius 2 is 1.64 bits per heavy atom. The highest BCUT2D eigenvalue weighted by molar-refractivity contribution is 5.44. The summed E-state index contributed by atoms with van der Waals surface area (Å²) in [6, 6.07) is 10.8. The summed E-state index contributed by atoms with van der Waals surface area (Å²) in [6.45, 7) is 4.35. The van der Waals surface area contributed by atoms with Crippen molar-refractivity contribution in [3.63, 3.8) is 0 Å². The highest BCUT2D eigenvalue weighted by Gasteiger charge is 2.15. The van der Waals surface area contributed by atoms with Gasteiger partial charge in [0.15, 0.2) is 23.1 Å². The second kappa shape index (κ2) is 8.72. The van der Waals surface area contributed by atoms with Crippen LogP contribution in [0, 0.1) is 5.82 Å². The van der Waals surface area contributed by atoms with Gasteiger partial charge in [-0.15, -0.1) is 0 Å². The molecule has 0 aliphatic carbocycles. The topological polar surface area (TPSA) is 53.7 Å². The minimum Gasteiger partial charge on any atom is -0.494 e. The van der Waals surface area contributed by atoms with Gasteiger partial charge in [0.2, 0.25) is 0 Å². The lowest BCUT2D eigenvalue weighted by Gasteiger charge is -2.18. The van der Waals surface area contributed by atoms with Crippen molar-refractivity contribution in [3.8, 4) is 17.2 Å². The lowest BCUT2D eigenvalue weighted by atomic mass is 9.91. The van der Waals surface area contributed by atoms with Gasteiger partial charge in [0.25, 0.3) is 0 Å². The summed E-state index contributed by atoms with van der Waals surface area (Å²) in [5.74, 6) is 1.25. The molecule has 2 aromatic rings. The molecule has 4 nitrogen and oxygen atoms in total. The molecule has 2 N–H and O–H groups in total. The second-order valence-corrected chi connectivity index (χ2v) is 6.18. The van der Waals surface area contributed by atoms with Crippen LogP contribution in [0.4, 0.5) is 4.39 Å². The zero-order valence-electron chi connectivity index (χ0n) is 15.2. The Hall–Kier alpha value is -2.27. The van der Waals surface area contributed by atoms with E-state index in [1.54, 1.807) is 13.2 Å². The minimum atomic E-state index is -0.378. The monoisotopic (exact) mass is 347 g/mol. The van der Waals surface area contributed by atoms with Gasteiger partial charge in [-0.2, -0.15) is 0 Å². The zero-order valence-corrected chi connectivity index (χ0v) is 15.2. The molecule has 0 aliphatic heterocycles. The number of hydrogen-bond acceptors (Lipinski definition) is 4.